The van der Waals surface area contributed by atoms with Gasteiger partial charge in [-0.15, -0.1) is 0 Å². The molecule has 2 N–H and O–H groups in total. The van der Waals surface area contributed by atoms with Crippen molar-refractivity contribution in [2.24, 2.45) is 0 Å². The molecule has 1 heterocycles. The van der Waals surface area contributed by atoms with Crippen molar-refractivity contribution < 1.29 is 14.3 Å². The van der Waals surface area contributed by atoms with E-state index in [-0.39, 0.29) is 5.78 Å². The highest BCUT2D eigenvalue weighted by Gasteiger charge is 2.25. The van der Waals surface area contributed by atoms with E-state index in [1.807, 2.05) is 30.3 Å². The number of H-pyrrole nitrogens is 1. The molecule has 2 aromatic rings. The Morgan fingerprint density at radius 1 is 1.22 bits per heavy atom. The Kier molecular flexibility index (Phi) is 5.21. The minimum Gasteiger partial charge on any atom is -0.462 e. The molecule has 1 aromatic heterocycles. The van der Waals surface area contributed by atoms with Crippen LogP contribution in [0.1, 0.15) is 46.0 Å². The number of carbonyl (C=O) groups is 2. The SMILES string of the molecule is CCOC(=O)c1c(C)[nH]c(C(=O)[C@@H](C)Nc2ccccc2)c1C. The van der Waals surface area contributed by atoms with Crippen LogP contribution >= 0.6 is 0 Å². The number of para-hydroxylation sites is 1. The first kappa shape index (κ1) is 16.8. The van der Waals surface area contributed by atoms with Gasteiger partial charge in [-0.2, -0.15) is 0 Å². The van der Waals surface area contributed by atoms with Gasteiger partial charge >= 0.3 is 5.97 Å². The van der Waals surface area contributed by atoms with Gasteiger partial charge in [0.2, 0.25) is 5.78 Å². The number of nitrogens with one attached hydrogen (secondary N) is 2. The monoisotopic (exact) mass is 314 g/mol. The summed E-state index contributed by atoms with van der Waals surface area (Å²) in [6.07, 6.45) is 0. The van der Waals surface area contributed by atoms with Crippen molar-refractivity contribution in [3.8, 4) is 0 Å². The van der Waals surface area contributed by atoms with Gasteiger partial charge in [0.15, 0.2) is 0 Å². The predicted molar refractivity (Wildman–Crippen MR) is 90.1 cm³/mol. The first-order valence-corrected chi connectivity index (χ1v) is 7.67. The molecule has 0 bridgehead atoms. The second kappa shape index (κ2) is 7.13. The third-order valence-corrected chi connectivity index (χ3v) is 3.71. The van der Waals surface area contributed by atoms with E-state index < -0.39 is 12.0 Å². The molecule has 0 amide bonds. The van der Waals surface area contributed by atoms with Crippen LogP contribution in [-0.4, -0.2) is 29.4 Å². The second-order valence-electron chi connectivity index (χ2n) is 5.44. The summed E-state index contributed by atoms with van der Waals surface area (Å²) in [5.41, 5.74) is 3.05. The number of benzene rings is 1. The molecule has 0 saturated carbocycles. The third kappa shape index (κ3) is 3.62. The lowest BCUT2D eigenvalue weighted by atomic mass is 10.0. The Labute approximate surface area is 136 Å². The lowest BCUT2D eigenvalue weighted by Crippen LogP contribution is -2.27. The number of ether oxygens (including phenoxy) is 1. The number of anilines is 1. The standard InChI is InChI=1S/C18H22N2O3/c1-5-23-18(22)15-11(2)16(20-12(15)3)17(21)13(4)19-14-9-7-6-8-10-14/h6-10,13,19-20H,5H2,1-4H3/t13-/m1/s1. The topological polar surface area (TPSA) is 71.2 Å². The third-order valence-electron chi connectivity index (χ3n) is 3.71. The van der Waals surface area contributed by atoms with Gasteiger partial charge in [-0.25, -0.2) is 4.79 Å². The van der Waals surface area contributed by atoms with E-state index in [1.165, 1.54) is 0 Å². The van der Waals surface area contributed by atoms with Crippen LogP contribution < -0.4 is 5.32 Å². The van der Waals surface area contributed by atoms with E-state index in [4.69, 9.17) is 4.74 Å². The average Bonchev–Trinajstić information content (AvgIpc) is 2.82. The summed E-state index contributed by atoms with van der Waals surface area (Å²) in [6.45, 7) is 7.39. The van der Waals surface area contributed by atoms with Crippen LogP contribution in [0.4, 0.5) is 5.69 Å². The number of hydrogen-bond acceptors (Lipinski definition) is 4. The minimum atomic E-state index is -0.413. The molecular weight excluding hydrogens is 292 g/mol. The zero-order chi connectivity index (χ0) is 17.0. The molecule has 2 rings (SSSR count). The van der Waals surface area contributed by atoms with Gasteiger partial charge < -0.3 is 15.0 Å². The molecule has 0 radical (unpaired) electrons. The van der Waals surface area contributed by atoms with Crippen LogP contribution in [0.15, 0.2) is 30.3 Å². The van der Waals surface area contributed by atoms with E-state index >= 15 is 0 Å². The summed E-state index contributed by atoms with van der Waals surface area (Å²) < 4.78 is 5.05. The number of hydrogen-bond donors (Lipinski definition) is 2. The number of carbonyl (C=O) groups excluding carboxylic acids is 2. The first-order chi connectivity index (χ1) is 11.0. The quantitative estimate of drug-likeness (QED) is 0.632. The molecule has 1 atom stereocenters. The fraction of sp³-hybridized carbons (Fsp3) is 0.333. The fourth-order valence-electron chi connectivity index (χ4n) is 2.57. The van der Waals surface area contributed by atoms with Crippen molar-refractivity contribution in [1.29, 1.82) is 0 Å². The number of rotatable bonds is 6. The van der Waals surface area contributed by atoms with Gasteiger partial charge in [0.1, 0.15) is 0 Å². The van der Waals surface area contributed by atoms with E-state index in [0.717, 1.165) is 5.69 Å². The van der Waals surface area contributed by atoms with E-state index in [9.17, 15) is 9.59 Å². The lowest BCUT2D eigenvalue weighted by Gasteiger charge is -2.14. The molecule has 0 fully saturated rings. The summed E-state index contributed by atoms with van der Waals surface area (Å²) in [7, 11) is 0. The Morgan fingerprint density at radius 2 is 1.87 bits per heavy atom. The average molecular weight is 314 g/mol. The highest BCUT2D eigenvalue weighted by atomic mass is 16.5. The summed E-state index contributed by atoms with van der Waals surface area (Å²) in [4.78, 5) is 27.7. The minimum absolute atomic E-state index is 0.0926. The van der Waals surface area contributed by atoms with Gasteiger partial charge in [0.05, 0.1) is 23.9 Å². The molecule has 0 aliphatic heterocycles. The van der Waals surface area contributed by atoms with Crippen molar-refractivity contribution in [3.63, 3.8) is 0 Å². The molecule has 0 saturated heterocycles. The van der Waals surface area contributed by atoms with Crippen LogP contribution in [0.3, 0.4) is 0 Å². The smallest absolute Gasteiger partial charge is 0.340 e. The second-order valence-corrected chi connectivity index (χ2v) is 5.44. The molecule has 0 unspecified atom stereocenters. The molecule has 5 nitrogen and oxygen atoms in total. The predicted octanol–water partition coefficient (Wildman–Crippen LogP) is 3.49. The number of aromatic amines is 1. The van der Waals surface area contributed by atoms with E-state index in [2.05, 4.69) is 10.3 Å². The van der Waals surface area contributed by atoms with E-state index in [0.29, 0.717) is 29.1 Å². The molecule has 0 aliphatic rings. The molecule has 122 valence electrons. The number of esters is 1. The molecular formula is C18H22N2O3. The van der Waals surface area contributed by atoms with Gasteiger partial charge in [0, 0.05) is 11.4 Å². The number of Topliss-reactive ketones (excluding diaryl/α,β-unsaturated/α-hetero) is 1. The van der Waals surface area contributed by atoms with Crippen LogP contribution in [-0.2, 0) is 4.74 Å². The number of ketones is 1. The number of aryl methyl sites for hydroxylation is 1. The Morgan fingerprint density at radius 3 is 2.48 bits per heavy atom. The summed E-state index contributed by atoms with van der Waals surface area (Å²) in [6, 6.07) is 9.12. The van der Waals surface area contributed by atoms with Crippen molar-refractivity contribution >= 4 is 17.4 Å². The summed E-state index contributed by atoms with van der Waals surface area (Å²) in [5, 5.41) is 3.16. The maximum Gasteiger partial charge on any atom is 0.340 e. The van der Waals surface area contributed by atoms with Crippen molar-refractivity contribution in [2.75, 3.05) is 11.9 Å². The fourth-order valence-corrected chi connectivity index (χ4v) is 2.57. The van der Waals surface area contributed by atoms with Crippen LogP contribution in [0.25, 0.3) is 0 Å². The highest BCUT2D eigenvalue weighted by molar-refractivity contribution is 6.04. The summed E-state index contributed by atoms with van der Waals surface area (Å²) >= 11 is 0. The maximum absolute atomic E-state index is 12.7. The van der Waals surface area contributed by atoms with Crippen molar-refractivity contribution in [3.05, 3.63) is 52.8 Å². The number of aromatic nitrogens is 1. The Balaban J connectivity index is 2.22. The molecule has 23 heavy (non-hydrogen) atoms. The van der Waals surface area contributed by atoms with Gasteiger partial charge in [0.25, 0.3) is 0 Å². The van der Waals surface area contributed by atoms with Gasteiger partial charge in [-0.05, 0) is 45.4 Å². The van der Waals surface area contributed by atoms with Crippen LogP contribution in [0.2, 0.25) is 0 Å². The lowest BCUT2D eigenvalue weighted by molar-refractivity contribution is 0.0525. The molecule has 0 aliphatic carbocycles. The van der Waals surface area contributed by atoms with Gasteiger partial charge in [-0.1, -0.05) is 18.2 Å². The van der Waals surface area contributed by atoms with Crippen molar-refractivity contribution in [2.45, 2.75) is 33.7 Å². The highest BCUT2D eigenvalue weighted by Crippen LogP contribution is 2.21. The molecule has 1 aromatic carbocycles. The first-order valence-electron chi connectivity index (χ1n) is 7.67. The van der Waals surface area contributed by atoms with Crippen LogP contribution in [0, 0.1) is 13.8 Å². The largest absolute Gasteiger partial charge is 0.462 e. The Bertz CT molecular complexity index is 705. The zero-order valence-electron chi connectivity index (χ0n) is 13.9. The Hall–Kier alpha value is -2.56. The molecule has 5 heteroatoms. The zero-order valence-corrected chi connectivity index (χ0v) is 13.9. The molecule has 0 spiro atoms. The maximum atomic E-state index is 12.7. The van der Waals surface area contributed by atoms with Crippen molar-refractivity contribution in [1.82, 2.24) is 4.98 Å². The normalized spacial score (nSPS) is 11.8. The summed E-state index contributed by atoms with van der Waals surface area (Å²) in [5.74, 6) is -0.494. The van der Waals surface area contributed by atoms with Crippen LogP contribution in [0.5, 0.6) is 0 Å². The van der Waals surface area contributed by atoms with Gasteiger partial charge in [-0.3, -0.25) is 4.79 Å². The van der Waals surface area contributed by atoms with E-state index in [1.54, 1.807) is 27.7 Å².